The fourth-order valence-corrected chi connectivity index (χ4v) is 4.00. The van der Waals surface area contributed by atoms with E-state index in [-0.39, 0.29) is 45.5 Å². The van der Waals surface area contributed by atoms with Crippen molar-refractivity contribution >= 4 is 58.2 Å². The van der Waals surface area contributed by atoms with Crippen molar-refractivity contribution in [3.05, 3.63) is 76.2 Å². The number of allylic oxidation sites excluding steroid dienone is 1. The molecule has 0 bridgehead atoms. The highest BCUT2D eigenvalue weighted by molar-refractivity contribution is 7.99. The van der Waals surface area contributed by atoms with Crippen LogP contribution in [0.1, 0.15) is 39.7 Å². The molecule has 0 fully saturated rings. The molecule has 1 heterocycles. The Bertz CT molecular complexity index is 1310. The molecule has 11 heteroatoms. The molecule has 0 aliphatic rings. The summed E-state index contributed by atoms with van der Waals surface area (Å²) in [5.74, 6) is -0.897. The van der Waals surface area contributed by atoms with Gasteiger partial charge in [0.25, 0.3) is 0 Å². The summed E-state index contributed by atoms with van der Waals surface area (Å²) < 4.78 is 9.15. The Kier molecular flexibility index (Phi) is 21.6. The van der Waals surface area contributed by atoms with Gasteiger partial charge in [-0.1, -0.05) is 40.5 Å². The summed E-state index contributed by atoms with van der Waals surface area (Å²) in [4.78, 5) is 55.5. The lowest BCUT2D eigenvalue weighted by molar-refractivity contribution is -0.191. The van der Waals surface area contributed by atoms with Gasteiger partial charge in [0.15, 0.2) is 5.43 Å². The van der Waals surface area contributed by atoms with E-state index in [1.54, 1.807) is 17.8 Å². The number of carbonyl (C=O) groups excluding carboxylic acids is 4. The zero-order valence-corrected chi connectivity index (χ0v) is 22.0. The molecule has 3 rings (SSSR count). The van der Waals surface area contributed by atoms with Gasteiger partial charge >= 0.3 is 18.1 Å². The number of aromatic nitrogens is 1. The maximum atomic E-state index is 11.9. The SMILES string of the molecule is C.C.C.COC(=O)/C=C(\C)Nc1ccccc1SC.COC(=O)c1cc(=O)c2cccc(SC)c2[nH]1.O=C=O. The normalized spacial score (nSPS) is 9.31. The average Bonchev–Trinajstić information content (AvgIpc) is 2.88. The number of esters is 2. The number of fused-ring (bicyclic) bond motifs is 1. The van der Waals surface area contributed by atoms with Crippen LogP contribution in [0, 0.1) is 0 Å². The van der Waals surface area contributed by atoms with Crippen molar-refractivity contribution < 1.29 is 28.7 Å². The number of ether oxygens (including phenoxy) is 2. The fourth-order valence-electron chi connectivity index (χ4n) is 2.87. The van der Waals surface area contributed by atoms with Gasteiger partial charge < -0.3 is 19.8 Å². The molecule has 0 saturated heterocycles. The van der Waals surface area contributed by atoms with E-state index in [1.165, 1.54) is 38.1 Å². The number of aromatic amines is 1. The fraction of sp³-hybridized carbons (Fsp3) is 0.286. The molecule has 0 amide bonds. The molecule has 2 N–H and O–H groups in total. The minimum absolute atomic E-state index is 0. The second kappa shape index (κ2) is 21.2. The summed E-state index contributed by atoms with van der Waals surface area (Å²) in [6.07, 6.45) is 5.61. The average molecular weight is 579 g/mol. The van der Waals surface area contributed by atoms with E-state index in [0.29, 0.717) is 10.9 Å². The maximum Gasteiger partial charge on any atom is 0.373 e. The standard InChI is InChI=1S/C12H11NO3S.C12H15NO2S.CO2.3CH4/c1-16-12(15)8-6-9(14)7-4-3-5-10(17-2)11(7)13-8;1-9(8-12(14)15-2)13-10-6-4-5-7-11(10)16-3;2-1-3;;;/h3-6H,1-2H3,(H,13,14);4-8,13H,1-3H3;;3*1H4/b;9-8+;;;;. The van der Waals surface area contributed by atoms with E-state index in [1.807, 2.05) is 55.8 Å². The first-order valence-corrected chi connectivity index (χ1v) is 12.6. The van der Waals surface area contributed by atoms with E-state index in [4.69, 9.17) is 9.59 Å². The van der Waals surface area contributed by atoms with Gasteiger partial charge in [-0.2, -0.15) is 9.59 Å². The number of anilines is 1. The number of H-pyrrole nitrogens is 1. The summed E-state index contributed by atoms with van der Waals surface area (Å²) in [5.41, 5.74) is 2.41. The van der Waals surface area contributed by atoms with Crippen LogP contribution in [0.15, 0.2) is 74.9 Å². The molecule has 3 aromatic rings. The lowest BCUT2D eigenvalue weighted by Gasteiger charge is -2.10. The van der Waals surface area contributed by atoms with Crippen molar-refractivity contribution in [3.8, 4) is 0 Å². The number of hydrogen-bond acceptors (Lipinski definition) is 10. The predicted molar refractivity (Wildman–Crippen MR) is 161 cm³/mol. The number of para-hydroxylation sites is 2. The molecule has 0 aliphatic carbocycles. The molecule has 0 radical (unpaired) electrons. The topological polar surface area (TPSA) is 132 Å². The molecule has 9 nitrogen and oxygen atoms in total. The Morgan fingerprint density at radius 2 is 1.49 bits per heavy atom. The van der Waals surface area contributed by atoms with Crippen molar-refractivity contribution in [2.75, 3.05) is 32.0 Å². The van der Waals surface area contributed by atoms with Crippen LogP contribution < -0.4 is 10.7 Å². The van der Waals surface area contributed by atoms with Crippen LogP contribution in [0.2, 0.25) is 0 Å². The molecule has 214 valence electrons. The second-order valence-electron chi connectivity index (χ2n) is 6.68. The van der Waals surface area contributed by atoms with E-state index >= 15 is 0 Å². The van der Waals surface area contributed by atoms with Gasteiger partial charge in [0.1, 0.15) is 5.69 Å². The van der Waals surface area contributed by atoms with Gasteiger partial charge in [0.05, 0.1) is 25.4 Å². The molecular formula is C28H38N2O7S2. The van der Waals surface area contributed by atoms with Crippen LogP contribution in [-0.2, 0) is 23.9 Å². The van der Waals surface area contributed by atoms with E-state index in [0.717, 1.165) is 21.2 Å². The third-order valence-corrected chi connectivity index (χ3v) is 6.00. The number of rotatable bonds is 6. The number of methoxy groups -OCH3 is 2. The predicted octanol–water partition coefficient (Wildman–Crippen LogP) is 6.26. The van der Waals surface area contributed by atoms with E-state index in [9.17, 15) is 14.4 Å². The zero-order chi connectivity index (χ0) is 27.1. The Labute approximate surface area is 238 Å². The van der Waals surface area contributed by atoms with Crippen LogP contribution in [-0.4, -0.2) is 49.8 Å². The van der Waals surface area contributed by atoms with Crippen LogP contribution in [0.5, 0.6) is 0 Å². The molecule has 0 atom stereocenters. The first-order valence-electron chi connectivity index (χ1n) is 10.2. The van der Waals surface area contributed by atoms with Gasteiger partial charge in [-0.05, 0) is 43.7 Å². The molecule has 0 aliphatic heterocycles. The van der Waals surface area contributed by atoms with Crippen molar-refractivity contribution in [1.82, 2.24) is 4.98 Å². The molecule has 0 saturated carbocycles. The number of nitrogens with one attached hydrogen (secondary N) is 2. The lowest BCUT2D eigenvalue weighted by atomic mass is 10.2. The zero-order valence-electron chi connectivity index (χ0n) is 20.4. The third kappa shape index (κ3) is 12.5. The minimum atomic E-state index is -0.542. The number of thioether (sulfide) groups is 2. The quantitative estimate of drug-likeness (QED) is 0.196. The van der Waals surface area contributed by atoms with Crippen LogP contribution in [0.25, 0.3) is 10.9 Å². The van der Waals surface area contributed by atoms with E-state index in [2.05, 4.69) is 19.8 Å². The van der Waals surface area contributed by atoms with Gasteiger partial charge in [0.2, 0.25) is 0 Å². The second-order valence-corrected chi connectivity index (χ2v) is 8.38. The van der Waals surface area contributed by atoms with Gasteiger partial charge in [0, 0.05) is 33.0 Å². The van der Waals surface area contributed by atoms with Gasteiger partial charge in [-0.3, -0.25) is 4.79 Å². The minimum Gasteiger partial charge on any atom is -0.466 e. The third-order valence-electron chi connectivity index (χ3n) is 4.43. The monoisotopic (exact) mass is 578 g/mol. The summed E-state index contributed by atoms with van der Waals surface area (Å²) in [6.45, 7) is 1.83. The van der Waals surface area contributed by atoms with Gasteiger partial charge in [-0.25, -0.2) is 9.59 Å². The summed E-state index contributed by atoms with van der Waals surface area (Å²) in [7, 11) is 2.65. The molecule has 0 spiro atoms. The molecule has 2 aromatic carbocycles. The largest absolute Gasteiger partial charge is 0.466 e. The number of carbonyl (C=O) groups is 2. The highest BCUT2D eigenvalue weighted by Gasteiger charge is 2.11. The van der Waals surface area contributed by atoms with Crippen LogP contribution in [0.3, 0.4) is 0 Å². The van der Waals surface area contributed by atoms with Crippen molar-refractivity contribution in [3.63, 3.8) is 0 Å². The first-order chi connectivity index (χ1) is 17.3. The Hall–Kier alpha value is -3.79. The molecule has 39 heavy (non-hydrogen) atoms. The highest BCUT2D eigenvalue weighted by Crippen LogP contribution is 2.25. The van der Waals surface area contributed by atoms with Crippen molar-refractivity contribution in [2.45, 2.75) is 39.0 Å². The maximum absolute atomic E-state index is 11.9. The lowest BCUT2D eigenvalue weighted by Crippen LogP contribution is -2.11. The van der Waals surface area contributed by atoms with Crippen molar-refractivity contribution in [1.29, 1.82) is 0 Å². The summed E-state index contributed by atoms with van der Waals surface area (Å²) in [6, 6.07) is 14.6. The number of benzene rings is 2. The van der Waals surface area contributed by atoms with Gasteiger partial charge in [-0.15, -0.1) is 23.5 Å². The Morgan fingerprint density at radius 3 is 2.03 bits per heavy atom. The van der Waals surface area contributed by atoms with Crippen molar-refractivity contribution in [2.24, 2.45) is 0 Å². The summed E-state index contributed by atoms with van der Waals surface area (Å²) >= 11 is 3.17. The smallest absolute Gasteiger partial charge is 0.373 e. The van der Waals surface area contributed by atoms with E-state index < -0.39 is 5.97 Å². The Balaban J connectivity index is -0.000000565. The number of pyridine rings is 1. The number of hydrogen-bond donors (Lipinski definition) is 2. The van der Waals surface area contributed by atoms with Crippen LogP contribution in [0.4, 0.5) is 5.69 Å². The molecule has 1 aromatic heterocycles. The van der Waals surface area contributed by atoms with Crippen LogP contribution >= 0.6 is 23.5 Å². The molecular weight excluding hydrogens is 540 g/mol. The highest BCUT2D eigenvalue weighted by atomic mass is 32.2. The first kappa shape index (κ1) is 39.7. The summed E-state index contributed by atoms with van der Waals surface area (Å²) in [5, 5.41) is 3.74. The molecule has 0 unspecified atom stereocenters. The Morgan fingerprint density at radius 1 is 0.923 bits per heavy atom.